The van der Waals surface area contributed by atoms with Crippen LogP contribution >= 0.6 is 11.3 Å². The van der Waals surface area contributed by atoms with Gasteiger partial charge >= 0.3 is 5.97 Å². The maximum Gasteiger partial charge on any atom is 0.357 e. The van der Waals surface area contributed by atoms with Crippen molar-refractivity contribution in [2.45, 2.75) is 33.1 Å². The quantitative estimate of drug-likeness (QED) is 0.613. The zero-order valence-corrected chi connectivity index (χ0v) is 17.3. The molecule has 0 unspecified atom stereocenters. The fourth-order valence-electron chi connectivity index (χ4n) is 2.95. The van der Waals surface area contributed by atoms with Crippen LogP contribution in [0.2, 0.25) is 0 Å². The Balaban J connectivity index is 1.65. The Bertz CT molecular complexity index is 1010. The molecule has 1 N–H and O–H groups in total. The lowest BCUT2D eigenvalue weighted by Gasteiger charge is -2.03. The van der Waals surface area contributed by atoms with Gasteiger partial charge in [-0.25, -0.2) is 14.8 Å². The van der Waals surface area contributed by atoms with Crippen molar-refractivity contribution < 1.29 is 14.3 Å². The lowest BCUT2D eigenvalue weighted by Crippen LogP contribution is -2.12. The fraction of sp³-hybridized carbons (Fsp3) is 0.400. The molecule has 0 bridgehead atoms. The second kappa shape index (κ2) is 8.52. The number of aromatic nitrogens is 3. The van der Waals surface area contributed by atoms with E-state index in [2.05, 4.69) is 29.1 Å². The van der Waals surface area contributed by atoms with E-state index in [9.17, 15) is 9.59 Å². The molecule has 148 valence electrons. The molecule has 0 aliphatic carbocycles. The van der Waals surface area contributed by atoms with E-state index in [1.807, 2.05) is 29.8 Å². The minimum Gasteiger partial charge on any atom is -0.464 e. The molecule has 2 heterocycles. The van der Waals surface area contributed by atoms with Gasteiger partial charge < -0.3 is 14.6 Å². The summed E-state index contributed by atoms with van der Waals surface area (Å²) in [5.41, 5.74) is 3.32. The van der Waals surface area contributed by atoms with E-state index in [1.165, 1.54) is 18.4 Å². The van der Waals surface area contributed by atoms with Crippen LogP contribution in [-0.2, 0) is 29.4 Å². The maximum absolute atomic E-state index is 12.4. The van der Waals surface area contributed by atoms with Crippen molar-refractivity contribution in [3.63, 3.8) is 0 Å². The lowest BCUT2D eigenvalue weighted by atomic mass is 10.1. The molecule has 3 rings (SSSR count). The van der Waals surface area contributed by atoms with Gasteiger partial charge in [0.15, 0.2) is 10.8 Å². The average molecular weight is 401 g/mol. The first-order valence-electron chi connectivity index (χ1n) is 9.15. The van der Waals surface area contributed by atoms with Crippen LogP contribution in [0.1, 0.15) is 41.2 Å². The molecule has 28 heavy (non-hydrogen) atoms. The highest BCUT2D eigenvalue weighted by Crippen LogP contribution is 2.26. The second-order valence-corrected chi connectivity index (χ2v) is 8.19. The summed E-state index contributed by atoms with van der Waals surface area (Å²) in [7, 11) is 3.28. The minimum atomic E-state index is -0.476. The second-order valence-electron chi connectivity index (χ2n) is 7.11. The van der Waals surface area contributed by atoms with Gasteiger partial charge in [-0.1, -0.05) is 19.9 Å². The molecule has 0 atom stereocenters. The predicted molar refractivity (Wildman–Crippen MR) is 110 cm³/mol. The van der Waals surface area contributed by atoms with Crippen molar-refractivity contribution in [1.29, 1.82) is 0 Å². The van der Waals surface area contributed by atoms with Crippen LogP contribution in [0.25, 0.3) is 11.0 Å². The number of fused-ring (bicyclic) bond motifs is 1. The van der Waals surface area contributed by atoms with Crippen molar-refractivity contribution in [2.24, 2.45) is 13.0 Å². The zero-order valence-electron chi connectivity index (χ0n) is 16.5. The molecule has 0 aliphatic rings. The molecule has 7 nitrogen and oxygen atoms in total. The summed E-state index contributed by atoms with van der Waals surface area (Å²) in [5.74, 6) is -0.243. The number of carbonyl (C=O) groups excluding carboxylic acids is 2. The lowest BCUT2D eigenvalue weighted by molar-refractivity contribution is -0.116. The van der Waals surface area contributed by atoms with Gasteiger partial charge in [0.2, 0.25) is 5.91 Å². The first-order valence-corrected chi connectivity index (χ1v) is 9.97. The van der Waals surface area contributed by atoms with Crippen molar-refractivity contribution in [3.8, 4) is 0 Å². The highest BCUT2D eigenvalue weighted by Gasteiger charge is 2.20. The van der Waals surface area contributed by atoms with Crippen LogP contribution in [0, 0.1) is 5.92 Å². The highest BCUT2D eigenvalue weighted by atomic mass is 32.1. The standard InChI is InChI=1S/C20H24N4O3S/c1-12(2)9-16-18(19(26)27-4)23-20(28-16)22-17(25)8-6-13-5-7-15-14(10-13)21-11-24(15)3/h5,7,10-12H,6,8-9H2,1-4H3,(H,22,23,25). The largest absolute Gasteiger partial charge is 0.464 e. The molecule has 0 saturated heterocycles. The Morgan fingerprint density at radius 1 is 1.32 bits per heavy atom. The van der Waals surface area contributed by atoms with E-state index in [-0.39, 0.29) is 11.6 Å². The molecule has 1 amide bonds. The number of amides is 1. The number of hydrogen-bond donors (Lipinski definition) is 1. The first-order chi connectivity index (χ1) is 13.4. The number of nitrogens with zero attached hydrogens (tertiary/aromatic N) is 3. The summed E-state index contributed by atoms with van der Waals surface area (Å²) in [6, 6.07) is 6.02. The molecule has 3 aromatic rings. The Hall–Kier alpha value is -2.74. The maximum atomic E-state index is 12.4. The van der Waals surface area contributed by atoms with Gasteiger partial charge in [-0.15, -0.1) is 11.3 Å². The van der Waals surface area contributed by atoms with Gasteiger partial charge in [-0.3, -0.25) is 4.79 Å². The van der Waals surface area contributed by atoms with Gasteiger partial charge in [0.05, 0.1) is 24.5 Å². The number of imidazole rings is 1. The fourth-order valence-corrected chi connectivity index (χ4v) is 4.12. The summed E-state index contributed by atoms with van der Waals surface area (Å²) >= 11 is 1.33. The van der Waals surface area contributed by atoms with Gasteiger partial charge in [0.25, 0.3) is 0 Å². The van der Waals surface area contributed by atoms with Gasteiger partial charge in [-0.05, 0) is 36.5 Å². The van der Waals surface area contributed by atoms with Gasteiger partial charge in [0.1, 0.15) is 0 Å². The molecule has 2 aromatic heterocycles. The van der Waals surface area contributed by atoms with E-state index in [0.717, 1.165) is 21.5 Å². The van der Waals surface area contributed by atoms with Crippen LogP contribution in [0.4, 0.5) is 5.13 Å². The monoisotopic (exact) mass is 400 g/mol. The molecule has 0 aliphatic heterocycles. The number of aryl methyl sites for hydroxylation is 2. The van der Waals surface area contributed by atoms with Crippen molar-refractivity contribution >= 4 is 39.4 Å². The number of benzene rings is 1. The van der Waals surface area contributed by atoms with E-state index in [4.69, 9.17) is 4.74 Å². The Kier molecular flexibility index (Phi) is 6.08. The van der Waals surface area contributed by atoms with Crippen molar-refractivity contribution in [3.05, 3.63) is 40.7 Å². The number of esters is 1. The van der Waals surface area contributed by atoms with Crippen LogP contribution < -0.4 is 5.32 Å². The SMILES string of the molecule is COC(=O)c1nc(NC(=O)CCc2ccc3c(c2)ncn3C)sc1CC(C)C. The molecule has 8 heteroatoms. The minimum absolute atomic E-state index is 0.137. The summed E-state index contributed by atoms with van der Waals surface area (Å²) < 4.78 is 6.76. The van der Waals surface area contributed by atoms with Crippen LogP contribution in [-0.4, -0.2) is 33.5 Å². The van der Waals surface area contributed by atoms with E-state index < -0.39 is 5.97 Å². The molecule has 0 radical (unpaired) electrons. The summed E-state index contributed by atoms with van der Waals surface area (Å²) in [6.07, 6.45) is 3.41. The van der Waals surface area contributed by atoms with Crippen LogP contribution in [0.5, 0.6) is 0 Å². The van der Waals surface area contributed by atoms with Crippen LogP contribution in [0.3, 0.4) is 0 Å². The highest BCUT2D eigenvalue weighted by molar-refractivity contribution is 7.16. The third-order valence-corrected chi connectivity index (χ3v) is 5.34. The molecule has 0 fully saturated rings. The normalized spacial score (nSPS) is 11.2. The van der Waals surface area contributed by atoms with E-state index >= 15 is 0 Å². The molecular formula is C20H24N4O3S. The number of hydrogen-bond acceptors (Lipinski definition) is 6. The molecule has 0 spiro atoms. The van der Waals surface area contributed by atoms with E-state index in [0.29, 0.717) is 30.3 Å². The molecular weight excluding hydrogens is 376 g/mol. The number of nitrogens with one attached hydrogen (secondary N) is 1. The topological polar surface area (TPSA) is 86.1 Å². The van der Waals surface area contributed by atoms with E-state index in [1.54, 1.807) is 6.33 Å². The first kappa shape index (κ1) is 20.0. The summed E-state index contributed by atoms with van der Waals surface area (Å²) in [5, 5.41) is 3.24. The number of methoxy groups -OCH3 is 1. The number of carbonyl (C=O) groups is 2. The average Bonchev–Trinajstić information content (AvgIpc) is 3.22. The third-order valence-electron chi connectivity index (χ3n) is 4.35. The Labute approximate surface area is 167 Å². The number of ether oxygens (including phenoxy) is 1. The summed E-state index contributed by atoms with van der Waals surface area (Å²) in [4.78, 5) is 33.7. The number of rotatable bonds is 7. The zero-order chi connectivity index (χ0) is 20.3. The molecule has 0 saturated carbocycles. The predicted octanol–water partition coefficient (Wildman–Crippen LogP) is 3.59. The van der Waals surface area contributed by atoms with Gasteiger partial charge in [-0.2, -0.15) is 0 Å². The Morgan fingerprint density at radius 2 is 2.11 bits per heavy atom. The Morgan fingerprint density at radius 3 is 2.82 bits per heavy atom. The number of thiazole rings is 1. The summed E-state index contributed by atoms with van der Waals surface area (Å²) in [6.45, 7) is 4.13. The van der Waals surface area contributed by atoms with Crippen molar-refractivity contribution in [1.82, 2.24) is 14.5 Å². The molecule has 1 aromatic carbocycles. The number of anilines is 1. The van der Waals surface area contributed by atoms with Gasteiger partial charge in [0, 0.05) is 18.3 Å². The van der Waals surface area contributed by atoms with Crippen molar-refractivity contribution in [2.75, 3.05) is 12.4 Å². The van der Waals surface area contributed by atoms with Crippen LogP contribution in [0.15, 0.2) is 24.5 Å². The third kappa shape index (κ3) is 4.56. The smallest absolute Gasteiger partial charge is 0.357 e.